The fourth-order valence-electron chi connectivity index (χ4n) is 3.12. The van der Waals surface area contributed by atoms with Crippen LogP contribution in [0.1, 0.15) is 34.7 Å². The summed E-state index contributed by atoms with van der Waals surface area (Å²) < 4.78 is 40.0. The molecule has 27 heavy (non-hydrogen) atoms. The molecule has 2 amide bonds. The molecule has 6 nitrogen and oxygen atoms in total. The second kappa shape index (κ2) is 7.48. The molecule has 142 valence electrons. The number of hydrogen-bond donors (Lipinski definition) is 2. The number of carbonyl (C=O) groups excluding carboxylic acids is 2. The van der Waals surface area contributed by atoms with Gasteiger partial charge in [0.05, 0.1) is 4.90 Å². The van der Waals surface area contributed by atoms with E-state index in [9.17, 15) is 22.4 Å². The molecule has 1 aliphatic rings. The van der Waals surface area contributed by atoms with Crippen LogP contribution in [0, 0.1) is 11.7 Å². The molecule has 2 unspecified atom stereocenters. The number of halogens is 1. The third kappa shape index (κ3) is 4.00. The van der Waals surface area contributed by atoms with Crippen molar-refractivity contribution in [1.82, 2.24) is 10.0 Å². The fourth-order valence-corrected chi connectivity index (χ4v) is 4.15. The summed E-state index contributed by atoms with van der Waals surface area (Å²) in [5.74, 6) is -1.88. The van der Waals surface area contributed by atoms with Crippen molar-refractivity contribution >= 4 is 21.8 Å². The van der Waals surface area contributed by atoms with Gasteiger partial charge in [-0.15, -0.1) is 0 Å². The minimum Gasteiger partial charge on any atom is -0.355 e. The van der Waals surface area contributed by atoms with Gasteiger partial charge in [0.1, 0.15) is 5.82 Å². The van der Waals surface area contributed by atoms with E-state index in [1.807, 2.05) is 0 Å². The van der Waals surface area contributed by atoms with E-state index in [-0.39, 0.29) is 22.5 Å². The highest BCUT2D eigenvalue weighted by Crippen LogP contribution is 2.42. The van der Waals surface area contributed by atoms with Crippen LogP contribution in [-0.4, -0.2) is 27.3 Å². The lowest BCUT2D eigenvalue weighted by Gasteiger charge is -2.35. The molecule has 1 fully saturated rings. The first kappa shape index (κ1) is 19.0. The van der Waals surface area contributed by atoms with Gasteiger partial charge < -0.3 is 5.32 Å². The monoisotopic (exact) mass is 390 g/mol. The highest BCUT2D eigenvalue weighted by atomic mass is 32.2. The quantitative estimate of drug-likeness (QED) is 0.819. The van der Waals surface area contributed by atoms with Gasteiger partial charge in [-0.3, -0.25) is 9.59 Å². The van der Waals surface area contributed by atoms with Crippen molar-refractivity contribution in [1.29, 1.82) is 0 Å². The van der Waals surface area contributed by atoms with Crippen LogP contribution in [0.5, 0.6) is 0 Å². The summed E-state index contributed by atoms with van der Waals surface area (Å²) in [6, 6.07) is 11.2. The lowest BCUT2D eigenvalue weighted by atomic mass is 9.69. The Morgan fingerprint density at radius 3 is 2.15 bits per heavy atom. The van der Waals surface area contributed by atoms with Gasteiger partial charge in [-0.25, -0.2) is 17.5 Å². The molecular formula is C19H19FN2O4S. The first-order valence-corrected chi connectivity index (χ1v) is 9.94. The minimum atomic E-state index is -4.03. The van der Waals surface area contributed by atoms with Crippen LogP contribution in [0.25, 0.3) is 0 Å². The second-order valence-corrected chi connectivity index (χ2v) is 8.10. The van der Waals surface area contributed by atoms with Crippen LogP contribution >= 0.6 is 0 Å². The highest BCUT2D eigenvalue weighted by Gasteiger charge is 2.39. The maximum absolute atomic E-state index is 13.1. The number of nitrogens with one attached hydrogen (secondary N) is 2. The third-order valence-corrected chi connectivity index (χ3v) is 6.16. The van der Waals surface area contributed by atoms with Crippen molar-refractivity contribution in [3.8, 4) is 0 Å². The molecule has 8 heteroatoms. The summed E-state index contributed by atoms with van der Waals surface area (Å²) in [5, 5.41) is 2.44. The molecule has 0 heterocycles. The molecule has 2 N–H and O–H groups in total. The van der Waals surface area contributed by atoms with Gasteiger partial charge in [0.2, 0.25) is 5.91 Å². The van der Waals surface area contributed by atoms with E-state index in [4.69, 9.17) is 0 Å². The maximum Gasteiger partial charge on any atom is 0.264 e. The maximum atomic E-state index is 13.1. The van der Waals surface area contributed by atoms with E-state index < -0.39 is 21.8 Å². The van der Waals surface area contributed by atoms with Crippen LogP contribution in [0.4, 0.5) is 4.39 Å². The summed E-state index contributed by atoms with van der Waals surface area (Å²) in [6.45, 7) is 0. The van der Waals surface area contributed by atoms with Crippen LogP contribution in [0.3, 0.4) is 0 Å². The van der Waals surface area contributed by atoms with Crippen LogP contribution in [0.2, 0.25) is 0 Å². The topological polar surface area (TPSA) is 92.3 Å². The Bertz CT molecular complexity index is 956. The van der Waals surface area contributed by atoms with Crippen molar-refractivity contribution in [2.24, 2.45) is 5.92 Å². The minimum absolute atomic E-state index is 0.0961. The Balaban J connectivity index is 1.71. The zero-order valence-electron chi connectivity index (χ0n) is 14.6. The van der Waals surface area contributed by atoms with Crippen molar-refractivity contribution in [2.45, 2.75) is 23.7 Å². The van der Waals surface area contributed by atoms with E-state index in [2.05, 4.69) is 10.0 Å². The lowest BCUT2D eigenvalue weighted by Crippen LogP contribution is -2.42. The number of rotatable bonds is 5. The van der Waals surface area contributed by atoms with Crippen LogP contribution in [-0.2, 0) is 14.8 Å². The molecule has 2 atom stereocenters. The Labute approximate surface area is 156 Å². The zero-order valence-corrected chi connectivity index (χ0v) is 15.4. The fraction of sp³-hybridized carbons (Fsp3) is 0.263. The Morgan fingerprint density at radius 1 is 1.00 bits per heavy atom. The number of hydrogen-bond acceptors (Lipinski definition) is 4. The third-order valence-electron chi connectivity index (χ3n) is 4.80. The molecule has 0 bridgehead atoms. The van der Waals surface area contributed by atoms with Gasteiger partial charge in [0.25, 0.3) is 15.9 Å². The van der Waals surface area contributed by atoms with Gasteiger partial charge in [-0.05, 0) is 60.7 Å². The van der Waals surface area contributed by atoms with Crippen LogP contribution < -0.4 is 10.0 Å². The molecule has 2 aromatic carbocycles. The molecule has 0 radical (unpaired) electrons. The molecule has 1 saturated carbocycles. The van der Waals surface area contributed by atoms with Gasteiger partial charge in [-0.2, -0.15) is 0 Å². The summed E-state index contributed by atoms with van der Waals surface area (Å²) in [5.41, 5.74) is 1.13. The Morgan fingerprint density at radius 2 is 1.63 bits per heavy atom. The molecule has 3 rings (SSSR count). The summed E-state index contributed by atoms with van der Waals surface area (Å²) in [7, 11) is -2.56. The number of benzene rings is 2. The average Bonchev–Trinajstić information content (AvgIpc) is 2.61. The highest BCUT2D eigenvalue weighted by molar-refractivity contribution is 7.90. The predicted octanol–water partition coefficient (Wildman–Crippen LogP) is 2.18. The van der Waals surface area contributed by atoms with E-state index >= 15 is 0 Å². The zero-order chi connectivity index (χ0) is 19.6. The van der Waals surface area contributed by atoms with Crippen molar-refractivity contribution < 1.29 is 22.4 Å². The molecule has 0 spiro atoms. The predicted molar refractivity (Wildman–Crippen MR) is 97.0 cm³/mol. The van der Waals surface area contributed by atoms with Gasteiger partial charge in [-0.1, -0.05) is 12.1 Å². The number of carbonyl (C=O) groups is 2. The lowest BCUT2D eigenvalue weighted by molar-refractivity contribution is -0.126. The Hall–Kier alpha value is -2.74. The van der Waals surface area contributed by atoms with E-state index in [0.29, 0.717) is 12.0 Å². The summed E-state index contributed by atoms with van der Waals surface area (Å²) in [4.78, 5) is 23.9. The van der Waals surface area contributed by atoms with Gasteiger partial charge in [0.15, 0.2) is 0 Å². The first-order valence-electron chi connectivity index (χ1n) is 8.46. The molecule has 1 aliphatic carbocycles. The average molecular weight is 390 g/mol. The summed E-state index contributed by atoms with van der Waals surface area (Å²) >= 11 is 0. The van der Waals surface area contributed by atoms with E-state index in [1.165, 1.54) is 43.4 Å². The number of amides is 2. The van der Waals surface area contributed by atoms with Gasteiger partial charge in [0, 0.05) is 18.5 Å². The smallest absolute Gasteiger partial charge is 0.264 e. The standard InChI is InChI=1S/C19H19FN2O4S/c1-21-18(23)13-4-8-15(9-5-13)27(25,26)22-19(24)17-11-10-16(17)12-2-6-14(20)7-3-12/h2-9,16-17H,10-11H2,1H3,(H,21,23)(H,22,24). The summed E-state index contributed by atoms with van der Waals surface area (Å²) in [6.07, 6.45) is 1.31. The van der Waals surface area contributed by atoms with E-state index in [1.54, 1.807) is 12.1 Å². The molecule has 0 aromatic heterocycles. The normalized spacial score (nSPS) is 19.0. The molecule has 0 saturated heterocycles. The SMILES string of the molecule is CNC(=O)c1ccc(S(=O)(=O)NC(=O)C2CCC2c2ccc(F)cc2)cc1. The van der Waals surface area contributed by atoms with Gasteiger partial charge >= 0.3 is 0 Å². The molecule has 0 aliphatic heterocycles. The Kier molecular flexibility index (Phi) is 5.27. The van der Waals surface area contributed by atoms with Crippen molar-refractivity contribution in [3.63, 3.8) is 0 Å². The van der Waals surface area contributed by atoms with Crippen LogP contribution in [0.15, 0.2) is 53.4 Å². The second-order valence-electron chi connectivity index (χ2n) is 6.42. The van der Waals surface area contributed by atoms with Crippen molar-refractivity contribution in [3.05, 3.63) is 65.5 Å². The molecule has 2 aromatic rings. The van der Waals surface area contributed by atoms with Crippen molar-refractivity contribution in [2.75, 3.05) is 7.05 Å². The first-order chi connectivity index (χ1) is 12.8. The largest absolute Gasteiger partial charge is 0.355 e. The number of sulfonamides is 1. The molecular weight excluding hydrogens is 371 g/mol. The van der Waals surface area contributed by atoms with E-state index in [0.717, 1.165) is 12.0 Å².